The van der Waals surface area contributed by atoms with Gasteiger partial charge in [0.15, 0.2) is 0 Å². The van der Waals surface area contributed by atoms with Crippen molar-refractivity contribution in [3.63, 3.8) is 0 Å². The second-order valence-electron chi connectivity index (χ2n) is 7.17. The van der Waals surface area contributed by atoms with E-state index in [1.54, 1.807) is 30.0 Å². The molecule has 0 atom stereocenters. The second kappa shape index (κ2) is 8.24. The summed E-state index contributed by atoms with van der Waals surface area (Å²) in [6.45, 7) is 2.29. The third-order valence-corrected chi connectivity index (χ3v) is 5.54. The number of benzene rings is 2. The number of carbonyl (C=O) groups is 2. The number of amides is 2. The van der Waals surface area contributed by atoms with E-state index in [1.165, 1.54) is 7.11 Å². The van der Waals surface area contributed by atoms with Crippen LogP contribution in [0.15, 0.2) is 54.9 Å². The highest BCUT2D eigenvalue weighted by Crippen LogP contribution is 2.32. The summed E-state index contributed by atoms with van der Waals surface area (Å²) in [6, 6.07) is 12.8. The molecule has 0 bridgehead atoms. The minimum Gasteiger partial charge on any atom is -0.496 e. The zero-order valence-electron chi connectivity index (χ0n) is 16.8. The van der Waals surface area contributed by atoms with Crippen molar-refractivity contribution in [3.8, 4) is 11.4 Å². The molecule has 0 aliphatic carbocycles. The van der Waals surface area contributed by atoms with Crippen LogP contribution in [0.5, 0.6) is 5.75 Å². The normalized spacial score (nSPS) is 13.0. The molecule has 4 rings (SSSR count). The summed E-state index contributed by atoms with van der Waals surface area (Å²) in [4.78, 5) is 26.6. The van der Waals surface area contributed by atoms with Crippen molar-refractivity contribution in [3.05, 3.63) is 71.0 Å². The Bertz CT molecular complexity index is 1110. The number of rotatable bonds is 4. The van der Waals surface area contributed by atoms with E-state index in [-0.39, 0.29) is 11.8 Å². The van der Waals surface area contributed by atoms with Crippen LogP contribution in [0.1, 0.15) is 29.3 Å². The van der Waals surface area contributed by atoms with Gasteiger partial charge in [-0.3, -0.25) is 9.59 Å². The van der Waals surface area contributed by atoms with Crippen LogP contribution in [0.3, 0.4) is 0 Å². The van der Waals surface area contributed by atoms with Crippen LogP contribution in [-0.2, 0) is 11.2 Å². The predicted octanol–water partition coefficient (Wildman–Crippen LogP) is 4.69. The Morgan fingerprint density at radius 2 is 1.87 bits per heavy atom. The average molecular weight is 424 g/mol. The Balaban J connectivity index is 1.61. The lowest BCUT2D eigenvalue weighted by atomic mass is 10.0. The summed E-state index contributed by atoms with van der Waals surface area (Å²) in [5, 5.41) is 3.36. The van der Waals surface area contributed by atoms with Gasteiger partial charge >= 0.3 is 0 Å². The molecular weight excluding hydrogens is 402 g/mol. The van der Waals surface area contributed by atoms with Crippen LogP contribution < -0.4 is 15.0 Å². The molecule has 1 aliphatic heterocycles. The summed E-state index contributed by atoms with van der Waals surface area (Å²) >= 11 is 6.44. The maximum atomic E-state index is 13.0. The molecule has 30 heavy (non-hydrogen) atoms. The molecule has 3 aromatic rings. The van der Waals surface area contributed by atoms with E-state index < -0.39 is 0 Å². The van der Waals surface area contributed by atoms with Gasteiger partial charge in [0.25, 0.3) is 5.91 Å². The molecular formula is C23H22ClN3O3. The lowest BCUT2D eigenvalue weighted by Crippen LogP contribution is -2.33. The zero-order valence-corrected chi connectivity index (χ0v) is 17.6. The van der Waals surface area contributed by atoms with Gasteiger partial charge < -0.3 is 19.5 Å². The second-order valence-corrected chi connectivity index (χ2v) is 7.57. The largest absolute Gasteiger partial charge is 0.496 e. The van der Waals surface area contributed by atoms with E-state index in [0.717, 1.165) is 36.3 Å². The van der Waals surface area contributed by atoms with Crippen molar-refractivity contribution in [1.82, 2.24) is 4.57 Å². The molecule has 6 nitrogen and oxygen atoms in total. The fourth-order valence-electron chi connectivity index (χ4n) is 3.78. The van der Waals surface area contributed by atoms with E-state index in [0.29, 0.717) is 22.0 Å². The SMILES string of the molecule is COc1cc(-n2cccc2)c(Cl)cc1C(=O)Nc1ccc2c(c1)CCCN2C(C)=O. The van der Waals surface area contributed by atoms with Crippen molar-refractivity contribution < 1.29 is 14.3 Å². The standard InChI is InChI=1S/C23H22ClN3O3/c1-15(28)27-11-5-6-16-12-17(7-8-20(16)27)25-23(29)18-13-19(24)21(14-22(18)30-2)26-9-3-4-10-26/h3-4,7-10,12-14H,5-6,11H2,1-2H3,(H,25,29). The van der Waals surface area contributed by atoms with Crippen LogP contribution in [0.4, 0.5) is 11.4 Å². The number of anilines is 2. The van der Waals surface area contributed by atoms with Gasteiger partial charge in [-0.15, -0.1) is 0 Å². The number of methoxy groups -OCH3 is 1. The van der Waals surface area contributed by atoms with E-state index in [2.05, 4.69) is 5.32 Å². The first-order chi connectivity index (χ1) is 14.5. The number of fused-ring (bicyclic) bond motifs is 1. The van der Waals surface area contributed by atoms with Crippen LogP contribution in [0, 0.1) is 0 Å². The van der Waals surface area contributed by atoms with Gasteiger partial charge in [-0.05, 0) is 54.8 Å². The topological polar surface area (TPSA) is 63.6 Å². The van der Waals surface area contributed by atoms with Crippen molar-refractivity contribution >= 4 is 34.8 Å². The first-order valence-corrected chi connectivity index (χ1v) is 10.1. The quantitative estimate of drug-likeness (QED) is 0.662. The molecule has 1 aliphatic rings. The number of ether oxygens (including phenoxy) is 1. The smallest absolute Gasteiger partial charge is 0.259 e. The molecule has 0 fully saturated rings. The van der Waals surface area contributed by atoms with Crippen molar-refractivity contribution in [1.29, 1.82) is 0 Å². The Kier molecular flexibility index (Phi) is 5.50. The van der Waals surface area contributed by atoms with E-state index in [4.69, 9.17) is 16.3 Å². The summed E-state index contributed by atoms with van der Waals surface area (Å²) in [7, 11) is 1.52. The first kappa shape index (κ1) is 20.0. The Hall–Kier alpha value is -3.25. The Labute approximate surface area is 180 Å². The minimum atomic E-state index is -0.313. The lowest BCUT2D eigenvalue weighted by molar-refractivity contribution is -0.116. The highest BCUT2D eigenvalue weighted by molar-refractivity contribution is 6.33. The maximum Gasteiger partial charge on any atom is 0.259 e. The zero-order chi connectivity index (χ0) is 21.3. The average Bonchev–Trinajstić information content (AvgIpc) is 3.27. The van der Waals surface area contributed by atoms with Crippen molar-refractivity contribution in [2.45, 2.75) is 19.8 Å². The summed E-state index contributed by atoms with van der Waals surface area (Å²) in [5.74, 6) is 0.142. The summed E-state index contributed by atoms with van der Waals surface area (Å²) in [5.41, 5.74) is 3.69. The molecule has 1 N–H and O–H groups in total. The van der Waals surface area contributed by atoms with Gasteiger partial charge in [0, 0.05) is 43.3 Å². The summed E-state index contributed by atoms with van der Waals surface area (Å²) in [6.07, 6.45) is 5.51. The van der Waals surface area contributed by atoms with Crippen LogP contribution >= 0.6 is 11.6 Å². The third-order valence-electron chi connectivity index (χ3n) is 5.23. The number of hydrogen-bond donors (Lipinski definition) is 1. The monoisotopic (exact) mass is 423 g/mol. The number of aromatic nitrogens is 1. The number of halogens is 1. The molecule has 7 heteroatoms. The molecule has 2 heterocycles. The van der Waals surface area contributed by atoms with Crippen LogP contribution in [-0.4, -0.2) is 30.0 Å². The molecule has 0 saturated carbocycles. The highest BCUT2D eigenvalue weighted by Gasteiger charge is 2.21. The van der Waals surface area contributed by atoms with Gasteiger partial charge in [-0.25, -0.2) is 0 Å². The molecule has 1 aromatic heterocycles. The van der Waals surface area contributed by atoms with Gasteiger partial charge in [0.2, 0.25) is 5.91 Å². The molecule has 2 aromatic carbocycles. The molecule has 154 valence electrons. The number of nitrogens with one attached hydrogen (secondary N) is 1. The molecule has 2 amide bonds. The van der Waals surface area contributed by atoms with E-state index in [9.17, 15) is 9.59 Å². The van der Waals surface area contributed by atoms with Gasteiger partial charge in [-0.1, -0.05) is 11.6 Å². The van der Waals surface area contributed by atoms with Crippen molar-refractivity contribution in [2.75, 3.05) is 23.9 Å². The molecule has 0 saturated heterocycles. The number of aryl methyl sites for hydroxylation is 1. The number of nitrogens with zero attached hydrogens (tertiary/aromatic N) is 2. The van der Waals surface area contributed by atoms with Crippen LogP contribution in [0.2, 0.25) is 5.02 Å². The first-order valence-electron chi connectivity index (χ1n) is 9.71. The third kappa shape index (κ3) is 3.78. The number of carbonyl (C=O) groups excluding carboxylic acids is 2. The predicted molar refractivity (Wildman–Crippen MR) is 118 cm³/mol. The van der Waals surface area contributed by atoms with Crippen molar-refractivity contribution in [2.24, 2.45) is 0 Å². The summed E-state index contributed by atoms with van der Waals surface area (Å²) < 4.78 is 7.31. The fourth-order valence-corrected chi connectivity index (χ4v) is 4.04. The van der Waals surface area contributed by atoms with Crippen LogP contribution in [0.25, 0.3) is 5.69 Å². The highest BCUT2D eigenvalue weighted by atomic mass is 35.5. The van der Waals surface area contributed by atoms with Gasteiger partial charge in [0.1, 0.15) is 5.75 Å². The van der Waals surface area contributed by atoms with E-state index >= 15 is 0 Å². The minimum absolute atomic E-state index is 0.0231. The van der Waals surface area contributed by atoms with E-state index in [1.807, 2.05) is 41.2 Å². The lowest BCUT2D eigenvalue weighted by Gasteiger charge is -2.29. The number of hydrogen-bond acceptors (Lipinski definition) is 3. The Morgan fingerprint density at radius 1 is 1.10 bits per heavy atom. The Morgan fingerprint density at radius 3 is 2.57 bits per heavy atom. The maximum absolute atomic E-state index is 13.0. The van der Waals surface area contributed by atoms with Gasteiger partial charge in [0.05, 0.1) is 23.4 Å². The molecule has 0 radical (unpaired) electrons. The molecule has 0 unspecified atom stereocenters. The van der Waals surface area contributed by atoms with Gasteiger partial charge in [-0.2, -0.15) is 0 Å². The fraction of sp³-hybridized carbons (Fsp3) is 0.217. The molecule has 0 spiro atoms.